The highest BCUT2D eigenvalue weighted by molar-refractivity contribution is 5.83. The van der Waals surface area contributed by atoms with Crippen molar-refractivity contribution < 1.29 is 24.6 Å². The number of carboxylic acid groups (broad SMARTS) is 2. The van der Waals surface area contributed by atoms with Crippen LogP contribution in [0.5, 0.6) is 0 Å². The van der Waals surface area contributed by atoms with Crippen LogP contribution in [0.2, 0.25) is 0 Å². The summed E-state index contributed by atoms with van der Waals surface area (Å²) in [5.74, 6) is -1.86. The smallest absolute Gasteiger partial charge is 0.326 e. The number of aliphatic carboxylic acids is 2. The molecule has 108 valence electrons. The largest absolute Gasteiger partial charge is 0.481 e. The van der Waals surface area contributed by atoms with E-state index in [0.29, 0.717) is 5.92 Å². The topological polar surface area (TPSA) is 116 Å². The lowest BCUT2D eigenvalue weighted by molar-refractivity contribution is -0.140. The van der Waals surface area contributed by atoms with Crippen LogP contribution in [0.15, 0.2) is 0 Å². The first-order chi connectivity index (χ1) is 8.90. The zero-order chi connectivity index (χ0) is 14.4. The second-order valence-corrected chi connectivity index (χ2v) is 4.92. The van der Waals surface area contributed by atoms with E-state index in [-0.39, 0.29) is 18.9 Å². The minimum Gasteiger partial charge on any atom is -0.481 e. The Balaban J connectivity index is 2.37. The second-order valence-electron chi connectivity index (χ2n) is 4.92. The van der Waals surface area contributed by atoms with Crippen LogP contribution in [0.25, 0.3) is 0 Å². The molecular weight excluding hydrogens is 252 g/mol. The maximum absolute atomic E-state index is 11.6. The molecule has 0 spiro atoms. The molecule has 7 heteroatoms. The fraction of sp³-hybridized carbons (Fsp3) is 0.750. The second kappa shape index (κ2) is 6.96. The van der Waals surface area contributed by atoms with Crippen LogP contribution >= 0.6 is 0 Å². The Hall–Kier alpha value is -1.79. The zero-order valence-corrected chi connectivity index (χ0v) is 10.9. The minimum atomic E-state index is -1.23. The Morgan fingerprint density at radius 2 is 1.84 bits per heavy atom. The molecule has 0 aromatic heterocycles. The highest BCUT2D eigenvalue weighted by Crippen LogP contribution is 2.29. The third-order valence-corrected chi connectivity index (χ3v) is 3.47. The van der Waals surface area contributed by atoms with Gasteiger partial charge in [-0.15, -0.1) is 0 Å². The van der Waals surface area contributed by atoms with E-state index >= 15 is 0 Å². The van der Waals surface area contributed by atoms with Gasteiger partial charge in [0.25, 0.3) is 0 Å². The third-order valence-electron chi connectivity index (χ3n) is 3.47. The average molecular weight is 272 g/mol. The van der Waals surface area contributed by atoms with Crippen molar-refractivity contribution in [3.8, 4) is 0 Å². The predicted molar refractivity (Wildman–Crippen MR) is 66.8 cm³/mol. The molecule has 0 heterocycles. The van der Waals surface area contributed by atoms with Gasteiger partial charge in [-0.3, -0.25) is 4.79 Å². The number of carbonyl (C=O) groups excluding carboxylic acids is 1. The molecule has 0 radical (unpaired) electrons. The monoisotopic (exact) mass is 272 g/mol. The number of rotatable bonds is 7. The maximum Gasteiger partial charge on any atom is 0.326 e. The SMILES string of the molecule is CC(NC(=O)N[C@@H](CCC(=O)O)C(=O)O)C1CCC1. The minimum absolute atomic E-state index is 0.00247. The highest BCUT2D eigenvalue weighted by Gasteiger charge is 2.26. The molecule has 2 atom stereocenters. The van der Waals surface area contributed by atoms with Gasteiger partial charge in [0.05, 0.1) is 0 Å². The first-order valence-electron chi connectivity index (χ1n) is 6.41. The first kappa shape index (κ1) is 15.3. The lowest BCUT2D eigenvalue weighted by Crippen LogP contribution is -2.50. The maximum atomic E-state index is 11.6. The van der Waals surface area contributed by atoms with E-state index in [1.165, 1.54) is 0 Å². The Labute approximate surface area is 111 Å². The highest BCUT2D eigenvalue weighted by atomic mass is 16.4. The summed E-state index contributed by atoms with van der Waals surface area (Å²) in [6.45, 7) is 1.89. The fourth-order valence-electron chi connectivity index (χ4n) is 1.99. The van der Waals surface area contributed by atoms with Gasteiger partial charge in [-0.25, -0.2) is 9.59 Å². The van der Waals surface area contributed by atoms with Gasteiger partial charge in [-0.1, -0.05) is 6.42 Å². The molecule has 0 aliphatic heterocycles. The first-order valence-corrected chi connectivity index (χ1v) is 6.41. The number of urea groups is 1. The van der Waals surface area contributed by atoms with Crippen molar-refractivity contribution >= 4 is 18.0 Å². The number of nitrogens with one attached hydrogen (secondary N) is 2. The van der Waals surface area contributed by atoms with Gasteiger partial charge in [-0.2, -0.15) is 0 Å². The van der Waals surface area contributed by atoms with Crippen molar-refractivity contribution in [1.82, 2.24) is 10.6 Å². The molecule has 19 heavy (non-hydrogen) atoms. The van der Waals surface area contributed by atoms with Gasteiger partial charge in [-0.05, 0) is 32.1 Å². The van der Waals surface area contributed by atoms with Gasteiger partial charge in [0.2, 0.25) is 0 Å². The van der Waals surface area contributed by atoms with E-state index < -0.39 is 24.0 Å². The molecule has 4 N–H and O–H groups in total. The quantitative estimate of drug-likeness (QED) is 0.547. The third kappa shape index (κ3) is 5.15. The molecule has 1 rings (SSSR count). The molecule has 0 aromatic rings. The average Bonchev–Trinajstić information content (AvgIpc) is 2.20. The number of carbonyl (C=O) groups is 3. The fourth-order valence-corrected chi connectivity index (χ4v) is 1.99. The Kier molecular flexibility index (Phi) is 5.59. The Morgan fingerprint density at radius 3 is 2.26 bits per heavy atom. The molecule has 0 aromatic carbocycles. The lowest BCUT2D eigenvalue weighted by atomic mass is 9.80. The summed E-state index contributed by atoms with van der Waals surface area (Å²) in [5, 5.41) is 22.4. The van der Waals surface area contributed by atoms with Gasteiger partial charge < -0.3 is 20.8 Å². The molecule has 1 saturated carbocycles. The number of carboxylic acids is 2. The molecule has 1 unspecified atom stereocenters. The van der Waals surface area contributed by atoms with Crippen LogP contribution in [0.4, 0.5) is 4.79 Å². The predicted octanol–water partition coefficient (Wildman–Crippen LogP) is 0.792. The van der Waals surface area contributed by atoms with Crippen molar-refractivity contribution in [3.05, 3.63) is 0 Å². The van der Waals surface area contributed by atoms with Crippen molar-refractivity contribution in [1.29, 1.82) is 0 Å². The summed E-state index contributed by atoms with van der Waals surface area (Å²) >= 11 is 0. The van der Waals surface area contributed by atoms with E-state index in [1.54, 1.807) is 0 Å². The molecule has 1 fully saturated rings. The van der Waals surface area contributed by atoms with E-state index in [9.17, 15) is 14.4 Å². The van der Waals surface area contributed by atoms with Crippen LogP contribution in [0, 0.1) is 5.92 Å². The summed E-state index contributed by atoms with van der Waals surface area (Å²) in [7, 11) is 0. The number of amides is 2. The van der Waals surface area contributed by atoms with Crippen molar-refractivity contribution in [2.45, 2.75) is 51.1 Å². The summed E-state index contributed by atoms with van der Waals surface area (Å²) in [5.41, 5.74) is 0. The normalized spacial score (nSPS) is 17.9. The summed E-state index contributed by atoms with van der Waals surface area (Å²) in [6, 6.07) is -1.73. The van der Waals surface area contributed by atoms with Gasteiger partial charge in [0, 0.05) is 12.5 Å². The number of hydrogen-bond donors (Lipinski definition) is 4. The van der Waals surface area contributed by atoms with Crippen molar-refractivity contribution in [2.75, 3.05) is 0 Å². The summed E-state index contributed by atoms with van der Waals surface area (Å²) in [6.07, 6.45) is 2.88. The van der Waals surface area contributed by atoms with Crippen LogP contribution < -0.4 is 10.6 Å². The lowest BCUT2D eigenvalue weighted by Gasteiger charge is -2.32. The summed E-state index contributed by atoms with van der Waals surface area (Å²) < 4.78 is 0. The summed E-state index contributed by atoms with van der Waals surface area (Å²) in [4.78, 5) is 32.9. The standard InChI is InChI=1S/C12H20N2O5/c1-7(8-3-2-4-8)13-12(19)14-9(11(17)18)5-6-10(15)16/h7-9H,2-6H2,1H3,(H,15,16)(H,17,18)(H2,13,14,19)/t7?,9-/m0/s1. The molecule has 1 aliphatic carbocycles. The molecule has 1 aliphatic rings. The molecule has 7 nitrogen and oxygen atoms in total. The van der Waals surface area contributed by atoms with E-state index in [4.69, 9.17) is 10.2 Å². The van der Waals surface area contributed by atoms with Crippen molar-refractivity contribution in [3.63, 3.8) is 0 Å². The van der Waals surface area contributed by atoms with Crippen LogP contribution in [-0.4, -0.2) is 40.3 Å². The molecule has 0 saturated heterocycles. The van der Waals surface area contributed by atoms with Gasteiger partial charge >= 0.3 is 18.0 Å². The van der Waals surface area contributed by atoms with E-state index in [0.717, 1.165) is 19.3 Å². The Bertz CT molecular complexity index is 354. The Morgan fingerprint density at radius 1 is 1.21 bits per heavy atom. The van der Waals surface area contributed by atoms with Crippen molar-refractivity contribution in [2.24, 2.45) is 5.92 Å². The molecular formula is C12H20N2O5. The number of hydrogen-bond acceptors (Lipinski definition) is 3. The van der Waals surface area contributed by atoms with Gasteiger partial charge in [0.1, 0.15) is 6.04 Å². The van der Waals surface area contributed by atoms with Gasteiger partial charge in [0.15, 0.2) is 0 Å². The van der Waals surface area contributed by atoms with Crippen LogP contribution in [-0.2, 0) is 9.59 Å². The molecule has 2 amide bonds. The van der Waals surface area contributed by atoms with E-state index in [2.05, 4.69) is 10.6 Å². The molecule has 0 bridgehead atoms. The van der Waals surface area contributed by atoms with Crippen LogP contribution in [0.1, 0.15) is 39.0 Å². The van der Waals surface area contributed by atoms with Crippen LogP contribution in [0.3, 0.4) is 0 Å². The van der Waals surface area contributed by atoms with E-state index in [1.807, 2.05) is 6.92 Å². The zero-order valence-electron chi connectivity index (χ0n) is 10.9.